The molecule has 0 unspecified atom stereocenters. The van der Waals surface area contributed by atoms with E-state index >= 15 is 0 Å². The molecule has 3 nitrogen and oxygen atoms in total. The first-order valence-electron chi connectivity index (χ1n) is 7.59. The summed E-state index contributed by atoms with van der Waals surface area (Å²) in [6.45, 7) is 15.0. The predicted molar refractivity (Wildman–Crippen MR) is 82.2 cm³/mol. The van der Waals surface area contributed by atoms with Crippen LogP contribution < -0.4 is 0 Å². The lowest BCUT2D eigenvalue weighted by atomic mass is 9.71. The Labute approximate surface area is 123 Å². The van der Waals surface area contributed by atoms with E-state index < -0.39 is 0 Å². The first-order valence-corrected chi connectivity index (χ1v) is 7.59. The van der Waals surface area contributed by atoms with Gasteiger partial charge in [-0.15, -0.1) is 0 Å². The van der Waals surface area contributed by atoms with Crippen molar-refractivity contribution >= 4 is 11.8 Å². The van der Waals surface area contributed by atoms with Crippen molar-refractivity contribution < 1.29 is 9.59 Å². The van der Waals surface area contributed by atoms with Crippen LogP contribution >= 0.6 is 0 Å². The molecule has 1 aliphatic heterocycles. The van der Waals surface area contributed by atoms with Crippen molar-refractivity contribution in [1.82, 2.24) is 4.90 Å². The number of imide groups is 1. The second kappa shape index (κ2) is 5.71. The van der Waals surface area contributed by atoms with E-state index in [1.54, 1.807) is 0 Å². The van der Waals surface area contributed by atoms with Crippen LogP contribution in [0.1, 0.15) is 67.7 Å². The Kier molecular flexibility index (Phi) is 4.83. The minimum absolute atomic E-state index is 0.0404. The standard InChI is InChI=1S/C17H29NO2/c1-8-9-10-18-13(19)11-12(16(2,3)4)14(15(18)20)17(5,6)7/h8-11H2,1-7H3. The fourth-order valence-electron chi connectivity index (χ4n) is 2.67. The Morgan fingerprint density at radius 1 is 1.00 bits per heavy atom. The van der Waals surface area contributed by atoms with Gasteiger partial charge < -0.3 is 0 Å². The molecule has 0 spiro atoms. The Hall–Kier alpha value is -1.12. The maximum absolute atomic E-state index is 12.8. The van der Waals surface area contributed by atoms with Gasteiger partial charge in [0.1, 0.15) is 0 Å². The quantitative estimate of drug-likeness (QED) is 0.734. The van der Waals surface area contributed by atoms with E-state index in [2.05, 4.69) is 48.5 Å². The number of carbonyl (C=O) groups is 2. The summed E-state index contributed by atoms with van der Waals surface area (Å²) in [5.74, 6) is -0.117. The second-order valence-electron chi connectivity index (χ2n) is 7.73. The Bertz CT molecular complexity index is 433. The van der Waals surface area contributed by atoms with Gasteiger partial charge in [-0.05, 0) is 22.8 Å². The van der Waals surface area contributed by atoms with E-state index in [1.165, 1.54) is 4.90 Å². The molecule has 1 rings (SSSR count). The summed E-state index contributed by atoms with van der Waals surface area (Å²) in [4.78, 5) is 26.6. The van der Waals surface area contributed by atoms with Crippen LogP contribution in [0.25, 0.3) is 0 Å². The largest absolute Gasteiger partial charge is 0.279 e. The van der Waals surface area contributed by atoms with Gasteiger partial charge in [0.25, 0.3) is 5.91 Å². The third kappa shape index (κ3) is 3.50. The molecule has 2 amide bonds. The zero-order chi connectivity index (χ0) is 15.7. The Balaban J connectivity index is 3.31. The molecule has 0 radical (unpaired) electrons. The van der Waals surface area contributed by atoms with E-state index in [0.717, 1.165) is 24.0 Å². The molecule has 0 atom stereocenters. The molecule has 1 aliphatic rings. The van der Waals surface area contributed by atoms with E-state index in [9.17, 15) is 9.59 Å². The fraction of sp³-hybridized carbons (Fsp3) is 0.765. The number of hydrogen-bond donors (Lipinski definition) is 0. The highest BCUT2D eigenvalue weighted by Crippen LogP contribution is 2.41. The third-order valence-electron chi connectivity index (χ3n) is 3.78. The summed E-state index contributed by atoms with van der Waals surface area (Å²) < 4.78 is 0. The second-order valence-corrected chi connectivity index (χ2v) is 7.73. The lowest BCUT2D eigenvalue weighted by Gasteiger charge is -2.39. The molecule has 0 bridgehead atoms. The third-order valence-corrected chi connectivity index (χ3v) is 3.78. The lowest BCUT2D eigenvalue weighted by Crippen LogP contribution is -2.46. The molecule has 0 aliphatic carbocycles. The topological polar surface area (TPSA) is 37.4 Å². The number of rotatable bonds is 3. The maximum Gasteiger partial charge on any atom is 0.256 e. The van der Waals surface area contributed by atoms with Crippen molar-refractivity contribution in [2.45, 2.75) is 67.7 Å². The van der Waals surface area contributed by atoms with Crippen LogP contribution in [-0.4, -0.2) is 23.3 Å². The highest BCUT2D eigenvalue weighted by Gasteiger charge is 2.41. The predicted octanol–water partition coefficient (Wildman–Crippen LogP) is 3.93. The molecule has 20 heavy (non-hydrogen) atoms. The zero-order valence-electron chi connectivity index (χ0n) is 14.1. The van der Waals surface area contributed by atoms with Gasteiger partial charge in [-0.1, -0.05) is 54.9 Å². The molecular weight excluding hydrogens is 250 g/mol. The molecule has 0 saturated heterocycles. The molecule has 114 valence electrons. The number of amides is 2. The van der Waals surface area contributed by atoms with Crippen LogP contribution in [0.3, 0.4) is 0 Å². The normalized spacial score (nSPS) is 18.1. The summed E-state index contributed by atoms with van der Waals surface area (Å²) in [7, 11) is 0. The van der Waals surface area contributed by atoms with Crippen LogP contribution in [0.4, 0.5) is 0 Å². The molecular formula is C17H29NO2. The first-order chi connectivity index (χ1) is 9.00. The highest BCUT2D eigenvalue weighted by atomic mass is 16.2. The number of unbranched alkanes of at least 4 members (excludes halogenated alkanes) is 1. The smallest absolute Gasteiger partial charge is 0.256 e. The molecule has 3 heteroatoms. The summed E-state index contributed by atoms with van der Waals surface area (Å²) in [6, 6.07) is 0. The lowest BCUT2D eigenvalue weighted by molar-refractivity contribution is -0.144. The van der Waals surface area contributed by atoms with Gasteiger partial charge in [0.05, 0.1) is 0 Å². The van der Waals surface area contributed by atoms with Crippen molar-refractivity contribution in [2.75, 3.05) is 6.54 Å². The molecule has 0 aromatic rings. The number of carbonyl (C=O) groups excluding carboxylic acids is 2. The van der Waals surface area contributed by atoms with Crippen molar-refractivity contribution in [3.63, 3.8) is 0 Å². The van der Waals surface area contributed by atoms with Gasteiger partial charge in [-0.3, -0.25) is 14.5 Å². The maximum atomic E-state index is 12.8. The SMILES string of the molecule is CCCCN1C(=O)CC(C(C)(C)C)=C(C(C)(C)C)C1=O. The number of nitrogens with zero attached hydrogens (tertiary/aromatic N) is 1. The average Bonchev–Trinajstić information content (AvgIpc) is 2.24. The van der Waals surface area contributed by atoms with E-state index in [0.29, 0.717) is 13.0 Å². The van der Waals surface area contributed by atoms with Gasteiger partial charge in [0.2, 0.25) is 5.91 Å². The zero-order valence-corrected chi connectivity index (χ0v) is 14.1. The summed E-state index contributed by atoms with van der Waals surface area (Å²) in [5, 5.41) is 0. The summed E-state index contributed by atoms with van der Waals surface area (Å²) >= 11 is 0. The molecule has 0 N–H and O–H groups in total. The molecule has 1 heterocycles. The Morgan fingerprint density at radius 2 is 1.55 bits per heavy atom. The van der Waals surface area contributed by atoms with Gasteiger partial charge >= 0.3 is 0 Å². The fourth-order valence-corrected chi connectivity index (χ4v) is 2.67. The molecule has 0 aromatic carbocycles. The van der Waals surface area contributed by atoms with Crippen LogP contribution in [0.15, 0.2) is 11.1 Å². The minimum atomic E-state index is -0.231. The summed E-state index contributed by atoms with van der Waals surface area (Å²) in [5.41, 5.74) is 1.46. The van der Waals surface area contributed by atoms with E-state index in [-0.39, 0.29) is 22.6 Å². The minimum Gasteiger partial charge on any atom is -0.279 e. The van der Waals surface area contributed by atoms with Crippen LogP contribution in [0.2, 0.25) is 0 Å². The molecule has 0 fully saturated rings. The van der Waals surface area contributed by atoms with Crippen LogP contribution in [-0.2, 0) is 9.59 Å². The highest BCUT2D eigenvalue weighted by molar-refractivity contribution is 6.09. The van der Waals surface area contributed by atoms with E-state index in [4.69, 9.17) is 0 Å². The molecule has 0 aromatic heterocycles. The summed E-state index contributed by atoms with van der Waals surface area (Å²) in [6.07, 6.45) is 2.24. The van der Waals surface area contributed by atoms with Crippen LogP contribution in [0.5, 0.6) is 0 Å². The van der Waals surface area contributed by atoms with Crippen LogP contribution in [0, 0.1) is 10.8 Å². The van der Waals surface area contributed by atoms with Gasteiger partial charge in [-0.2, -0.15) is 0 Å². The van der Waals surface area contributed by atoms with Crippen molar-refractivity contribution in [2.24, 2.45) is 10.8 Å². The molecule has 0 saturated carbocycles. The van der Waals surface area contributed by atoms with Crippen molar-refractivity contribution in [3.05, 3.63) is 11.1 Å². The van der Waals surface area contributed by atoms with E-state index in [1.807, 2.05) is 0 Å². The van der Waals surface area contributed by atoms with Gasteiger partial charge in [0, 0.05) is 18.5 Å². The van der Waals surface area contributed by atoms with Crippen molar-refractivity contribution in [1.29, 1.82) is 0 Å². The first kappa shape index (κ1) is 16.9. The average molecular weight is 279 g/mol. The van der Waals surface area contributed by atoms with Gasteiger partial charge in [-0.25, -0.2) is 0 Å². The van der Waals surface area contributed by atoms with Gasteiger partial charge in [0.15, 0.2) is 0 Å². The monoisotopic (exact) mass is 279 g/mol. The van der Waals surface area contributed by atoms with Crippen molar-refractivity contribution in [3.8, 4) is 0 Å². The number of hydrogen-bond acceptors (Lipinski definition) is 2. The Morgan fingerprint density at radius 3 is 1.95 bits per heavy atom.